The van der Waals surface area contributed by atoms with Crippen molar-refractivity contribution in [2.24, 2.45) is 0 Å². The van der Waals surface area contributed by atoms with Crippen LogP contribution < -0.4 is 14.8 Å². The molecule has 3 aromatic carbocycles. The number of Topliss-reactive ketones (excluding diaryl/α,β-unsaturated/α-hetero) is 1. The van der Waals surface area contributed by atoms with Crippen LogP contribution in [0.25, 0.3) is 0 Å². The molecule has 0 aliphatic carbocycles. The van der Waals surface area contributed by atoms with Gasteiger partial charge < -0.3 is 14.8 Å². The molecule has 0 atom stereocenters. The van der Waals surface area contributed by atoms with Gasteiger partial charge in [0.05, 0.1) is 6.61 Å². The van der Waals surface area contributed by atoms with Crippen LogP contribution >= 0.6 is 0 Å². The molecule has 0 fully saturated rings. The summed E-state index contributed by atoms with van der Waals surface area (Å²) in [5, 5.41) is 2.87. The molecule has 0 saturated carbocycles. The largest absolute Gasteiger partial charge is 0.494 e. The van der Waals surface area contributed by atoms with Gasteiger partial charge in [0.1, 0.15) is 17.2 Å². The van der Waals surface area contributed by atoms with E-state index in [-0.39, 0.29) is 11.7 Å². The van der Waals surface area contributed by atoms with Gasteiger partial charge in [-0.15, -0.1) is 0 Å². The van der Waals surface area contributed by atoms with E-state index < -0.39 is 0 Å². The highest BCUT2D eigenvalue weighted by Crippen LogP contribution is 2.23. The molecule has 0 radical (unpaired) electrons. The fourth-order valence-corrected chi connectivity index (χ4v) is 2.78. The maximum atomic E-state index is 12.1. The molecule has 0 spiro atoms. The number of benzene rings is 3. The van der Waals surface area contributed by atoms with Crippen LogP contribution in [0.15, 0.2) is 72.8 Å². The zero-order chi connectivity index (χ0) is 21.3. The number of hydrogen-bond donors (Lipinski definition) is 1. The first-order valence-electron chi connectivity index (χ1n) is 9.88. The Bertz CT molecular complexity index is 977. The average Bonchev–Trinajstić information content (AvgIpc) is 2.74. The van der Waals surface area contributed by atoms with Gasteiger partial charge >= 0.3 is 0 Å². The number of anilines is 1. The number of hydrogen-bond acceptors (Lipinski definition) is 4. The second-order valence-electron chi connectivity index (χ2n) is 7.02. The minimum atomic E-state index is -0.0715. The monoisotopic (exact) mass is 403 g/mol. The van der Waals surface area contributed by atoms with Gasteiger partial charge in [-0.3, -0.25) is 9.59 Å². The Labute approximate surface area is 176 Å². The van der Waals surface area contributed by atoms with Crippen molar-refractivity contribution in [2.75, 3.05) is 11.9 Å². The van der Waals surface area contributed by atoms with E-state index in [0.29, 0.717) is 36.5 Å². The van der Waals surface area contributed by atoms with Gasteiger partial charge in [0.2, 0.25) is 5.91 Å². The summed E-state index contributed by atoms with van der Waals surface area (Å²) in [4.78, 5) is 23.4. The van der Waals surface area contributed by atoms with E-state index in [4.69, 9.17) is 9.47 Å². The van der Waals surface area contributed by atoms with Gasteiger partial charge in [-0.05, 0) is 80.9 Å². The highest BCUT2D eigenvalue weighted by atomic mass is 16.5. The minimum absolute atomic E-state index is 0.0213. The van der Waals surface area contributed by atoms with Crippen LogP contribution in [0.3, 0.4) is 0 Å². The third kappa shape index (κ3) is 6.48. The van der Waals surface area contributed by atoms with Crippen LogP contribution in [0.4, 0.5) is 5.69 Å². The van der Waals surface area contributed by atoms with Crippen LogP contribution in [0, 0.1) is 6.92 Å². The molecule has 0 bridgehead atoms. The number of carbonyl (C=O) groups is 2. The van der Waals surface area contributed by atoms with Crippen molar-refractivity contribution in [1.29, 1.82) is 0 Å². The number of ketones is 1. The van der Waals surface area contributed by atoms with Crippen LogP contribution in [0.2, 0.25) is 0 Å². The number of carbonyl (C=O) groups excluding carboxylic acids is 2. The Hall–Kier alpha value is -3.60. The van der Waals surface area contributed by atoms with E-state index in [1.165, 1.54) is 12.5 Å². The molecule has 0 saturated heterocycles. The Morgan fingerprint density at radius 1 is 0.800 bits per heavy atom. The summed E-state index contributed by atoms with van der Waals surface area (Å²) in [5.41, 5.74) is 2.55. The fourth-order valence-electron chi connectivity index (χ4n) is 2.78. The molecule has 154 valence electrons. The third-order valence-corrected chi connectivity index (χ3v) is 4.47. The van der Waals surface area contributed by atoms with Gasteiger partial charge in [0, 0.05) is 17.7 Å². The number of aryl methyl sites for hydroxylation is 1. The highest BCUT2D eigenvalue weighted by Gasteiger charge is 2.05. The number of rotatable bonds is 9. The standard InChI is InChI=1S/C25H25NO4/c1-18-5-11-23(12-6-18)30-24-15-9-21(10-16-24)26-25(28)4-3-17-29-22-13-7-20(8-14-22)19(2)27/h5-16H,3-4,17H2,1-2H3,(H,26,28). The molecule has 3 aromatic rings. The predicted octanol–water partition coefficient (Wildman–Crippen LogP) is 5.79. The maximum Gasteiger partial charge on any atom is 0.224 e. The van der Waals surface area contributed by atoms with Gasteiger partial charge in [-0.1, -0.05) is 17.7 Å². The molecule has 0 aromatic heterocycles. The predicted molar refractivity (Wildman–Crippen MR) is 118 cm³/mol. The number of nitrogens with one attached hydrogen (secondary N) is 1. The maximum absolute atomic E-state index is 12.1. The molecular formula is C25H25NO4. The first kappa shape index (κ1) is 21.1. The van der Waals surface area contributed by atoms with Crippen LogP contribution in [0.1, 0.15) is 35.7 Å². The summed E-state index contributed by atoms with van der Waals surface area (Å²) in [7, 11) is 0. The van der Waals surface area contributed by atoms with E-state index in [1.54, 1.807) is 24.3 Å². The number of amides is 1. The van der Waals surface area contributed by atoms with E-state index in [9.17, 15) is 9.59 Å². The van der Waals surface area contributed by atoms with Crippen molar-refractivity contribution in [3.8, 4) is 17.2 Å². The van der Waals surface area contributed by atoms with Crippen molar-refractivity contribution in [1.82, 2.24) is 0 Å². The number of ether oxygens (including phenoxy) is 2. The minimum Gasteiger partial charge on any atom is -0.494 e. The fraction of sp³-hybridized carbons (Fsp3) is 0.200. The normalized spacial score (nSPS) is 10.3. The second-order valence-corrected chi connectivity index (χ2v) is 7.02. The zero-order valence-electron chi connectivity index (χ0n) is 17.2. The lowest BCUT2D eigenvalue weighted by atomic mass is 10.1. The van der Waals surface area contributed by atoms with E-state index in [1.807, 2.05) is 55.5 Å². The van der Waals surface area contributed by atoms with Gasteiger partial charge in [0.25, 0.3) is 0 Å². The van der Waals surface area contributed by atoms with Crippen molar-refractivity contribution < 1.29 is 19.1 Å². The van der Waals surface area contributed by atoms with Gasteiger partial charge in [-0.2, -0.15) is 0 Å². The first-order valence-corrected chi connectivity index (χ1v) is 9.88. The SMILES string of the molecule is CC(=O)c1ccc(OCCCC(=O)Nc2ccc(Oc3ccc(C)cc3)cc2)cc1. The smallest absolute Gasteiger partial charge is 0.224 e. The molecule has 0 aliphatic rings. The third-order valence-electron chi connectivity index (χ3n) is 4.47. The van der Waals surface area contributed by atoms with Crippen LogP contribution in [-0.4, -0.2) is 18.3 Å². The van der Waals surface area contributed by atoms with Crippen LogP contribution in [0.5, 0.6) is 17.2 Å². The molecule has 5 heteroatoms. The molecule has 0 aliphatic heterocycles. The molecule has 30 heavy (non-hydrogen) atoms. The van der Waals surface area contributed by atoms with E-state index in [0.717, 1.165) is 11.4 Å². The molecule has 5 nitrogen and oxygen atoms in total. The molecule has 3 rings (SSSR count). The van der Waals surface area contributed by atoms with E-state index >= 15 is 0 Å². The summed E-state index contributed by atoms with van der Waals surface area (Å²) in [5.74, 6) is 2.12. The molecule has 1 amide bonds. The van der Waals surface area contributed by atoms with Crippen LogP contribution in [-0.2, 0) is 4.79 Å². The molecule has 0 heterocycles. The topological polar surface area (TPSA) is 64.6 Å². The summed E-state index contributed by atoms with van der Waals surface area (Å²) >= 11 is 0. The average molecular weight is 403 g/mol. The summed E-state index contributed by atoms with van der Waals surface area (Å²) in [6.45, 7) is 3.98. The second kappa shape index (κ2) is 10.3. The lowest BCUT2D eigenvalue weighted by molar-refractivity contribution is -0.116. The summed E-state index contributed by atoms with van der Waals surface area (Å²) < 4.78 is 11.4. The van der Waals surface area contributed by atoms with Crippen molar-refractivity contribution in [2.45, 2.75) is 26.7 Å². The first-order chi connectivity index (χ1) is 14.5. The Morgan fingerprint density at radius 3 is 1.97 bits per heavy atom. The summed E-state index contributed by atoms with van der Waals surface area (Å²) in [6, 6.07) is 22.1. The lowest BCUT2D eigenvalue weighted by Gasteiger charge is -2.09. The lowest BCUT2D eigenvalue weighted by Crippen LogP contribution is -2.12. The summed E-state index contributed by atoms with van der Waals surface area (Å²) in [6.07, 6.45) is 0.946. The van der Waals surface area contributed by atoms with Crippen molar-refractivity contribution in [3.63, 3.8) is 0 Å². The quantitative estimate of drug-likeness (QED) is 0.363. The van der Waals surface area contributed by atoms with Crippen molar-refractivity contribution in [3.05, 3.63) is 83.9 Å². The Morgan fingerprint density at radius 2 is 1.37 bits per heavy atom. The Kier molecular flexibility index (Phi) is 7.22. The van der Waals surface area contributed by atoms with Gasteiger partial charge in [0.15, 0.2) is 5.78 Å². The zero-order valence-corrected chi connectivity index (χ0v) is 17.2. The Balaban J connectivity index is 1.39. The van der Waals surface area contributed by atoms with E-state index in [2.05, 4.69) is 5.32 Å². The molecule has 0 unspecified atom stereocenters. The molecular weight excluding hydrogens is 378 g/mol. The van der Waals surface area contributed by atoms with Crippen molar-refractivity contribution >= 4 is 17.4 Å². The van der Waals surface area contributed by atoms with Gasteiger partial charge in [-0.25, -0.2) is 0 Å². The molecule has 1 N–H and O–H groups in total. The highest BCUT2D eigenvalue weighted by molar-refractivity contribution is 5.94.